The lowest BCUT2D eigenvalue weighted by molar-refractivity contribution is -0.148. The molecule has 0 heterocycles. The number of benzene rings is 2. The van der Waals surface area contributed by atoms with E-state index in [0.717, 1.165) is 11.1 Å². The van der Waals surface area contributed by atoms with Crippen molar-refractivity contribution in [3.8, 4) is 11.1 Å². The number of hydrogen-bond acceptors (Lipinski definition) is 4. The van der Waals surface area contributed by atoms with E-state index < -0.39 is 23.5 Å². The average Bonchev–Trinajstić information content (AvgIpc) is 3.14. The van der Waals surface area contributed by atoms with Crippen molar-refractivity contribution in [2.24, 2.45) is 5.92 Å². The van der Waals surface area contributed by atoms with Crippen molar-refractivity contribution in [1.82, 2.24) is 10.6 Å². The van der Waals surface area contributed by atoms with E-state index in [-0.39, 0.29) is 25.0 Å². The smallest absolute Gasteiger partial charge is 0.407 e. The van der Waals surface area contributed by atoms with Crippen molar-refractivity contribution < 1.29 is 24.2 Å². The first-order chi connectivity index (χ1) is 15.8. The van der Waals surface area contributed by atoms with Crippen molar-refractivity contribution in [2.75, 3.05) is 13.2 Å². The molecule has 1 atom stereocenters. The Morgan fingerprint density at radius 3 is 2.06 bits per heavy atom. The molecule has 7 heteroatoms. The van der Waals surface area contributed by atoms with Crippen LogP contribution in [0.1, 0.15) is 57.1 Å². The van der Waals surface area contributed by atoms with Gasteiger partial charge in [0, 0.05) is 18.4 Å². The molecular formula is C26H32N2O5. The van der Waals surface area contributed by atoms with Gasteiger partial charge in [-0.05, 0) is 41.5 Å². The van der Waals surface area contributed by atoms with E-state index in [1.165, 1.54) is 11.1 Å². The summed E-state index contributed by atoms with van der Waals surface area (Å²) in [5.41, 5.74) is 3.36. The second-order valence-corrected chi connectivity index (χ2v) is 8.53. The highest BCUT2D eigenvalue weighted by molar-refractivity contribution is 5.88. The van der Waals surface area contributed by atoms with E-state index in [0.29, 0.717) is 19.3 Å². The normalized spacial score (nSPS) is 13.5. The topological polar surface area (TPSA) is 105 Å². The van der Waals surface area contributed by atoms with E-state index in [9.17, 15) is 19.5 Å². The monoisotopic (exact) mass is 452 g/mol. The SMILES string of the molecule is CCC(CC)(NC(=O)C(C)CCNC(=O)OCC1c2ccccc2-c2ccccc21)C(=O)O. The number of nitrogens with one attached hydrogen (secondary N) is 2. The second kappa shape index (κ2) is 10.5. The maximum atomic E-state index is 12.5. The number of ether oxygens (including phenoxy) is 1. The van der Waals surface area contributed by atoms with Crippen LogP contribution >= 0.6 is 0 Å². The van der Waals surface area contributed by atoms with E-state index in [4.69, 9.17) is 4.74 Å². The summed E-state index contributed by atoms with van der Waals surface area (Å²) in [4.78, 5) is 36.3. The molecule has 1 aliphatic rings. The van der Waals surface area contributed by atoms with E-state index in [1.54, 1.807) is 20.8 Å². The number of aliphatic carboxylic acids is 1. The van der Waals surface area contributed by atoms with Gasteiger partial charge < -0.3 is 20.5 Å². The summed E-state index contributed by atoms with van der Waals surface area (Å²) in [7, 11) is 0. The quantitative estimate of drug-likeness (QED) is 0.498. The maximum Gasteiger partial charge on any atom is 0.407 e. The second-order valence-electron chi connectivity index (χ2n) is 8.53. The summed E-state index contributed by atoms with van der Waals surface area (Å²) in [6.07, 6.45) is 0.440. The van der Waals surface area contributed by atoms with Gasteiger partial charge >= 0.3 is 12.1 Å². The first-order valence-electron chi connectivity index (χ1n) is 11.5. The van der Waals surface area contributed by atoms with Crippen molar-refractivity contribution in [1.29, 1.82) is 0 Å². The minimum Gasteiger partial charge on any atom is -0.480 e. The molecule has 2 amide bonds. The van der Waals surface area contributed by atoms with Gasteiger partial charge in [0.05, 0.1) is 0 Å². The largest absolute Gasteiger partial charge is 0.480 e. The Morgan fingerprint density at radius 1 is 1.00 bits per heavy atom. The van der Waals surface area contributed by atoms with E-state index in [2.05, 4.69) is 34.9 Å². The summed E-state index contributed by atoms with van der Waals surface area (Å²) >= 11 is 0. The van der Waals surface area contributed by atoms with Crippen LogP contribution in [0, 0.1) is 5.92 Å². The molecule has 1 aliphatic carbocycles. The van der Waals surface area contributed by atoms with Crippen LogP contribution in [-0.2, 0) is 14.3 Å². The van der Waals surface area contributed by atoms with Crippen LogP contribution in [0.4, 0.5) is 4.79 Å². The third-order valence-corrected chi connectivity index (χ3v) is 6.62. The highest BCUT2D eigenvalue weighted by Crippen LogP contribution is 2.44. The standard InChI is InChI=1S/C26H32N2O5/c1-4-26(5-2,24(30)31)28-23(29)17(3)14-15-27-25(32)33-16-22-20-12-8-6-10-18(20)19-11-7-9-13-21(19)22/h6-13,17,22H,4-5,14-16H2,1-3H3,(H,27,32)(H,28,29)(H,30,31). The molecule has 33 heavy (non-hydrogen) atoms. The van der Waals surface area contributed by atoms with Gasteiger partial charge in [-0.25, -0.2) is 9.59 Å². The number of fused-ring (bicyclic) bond motifs is 3. The Morgan fingerprint density at radius 2 is 1.55 bits per heavy atom. The zero-order chi connectivity index (χ0) is 24.0. The molecule has 0 fully saturated rings. The number of hydrogen-bond donors (Lipinski definition) is 3. The molecule has 3 N–H and O–H groups in total. The molecule has 7 nitrogen and oxygen atoms in total. The molecule has 0 bridgehead atoms. The van der Waals surface area contributed by atoms with Crippen molar-refractivity contribution >= 4 is 18.0 Å². The Labute approximate surface area is 194 Å². The Bertz CT molecular complexity index is 970. The molecule has 0 spiro atoms. The third kappa shape index (κ3) is 5.18. The zero-order valence-electron chi connectivity index (χ0n) is 19.4. The molecule has 1 unspecified atom stereocenters. The van der Waals surface area contributed by atoms with Gasteiger partial charge in [0.1, 0.15) is 12.1 Å². The van der Waals surface area contributed by atoms with Gasteiger partial charge in [-0.1, -0.05) is 69.3 Å². The van der Waals surface area contributed by atoms with Gasteiger partial charge in [0.2, 0.25) is 5.91 Å². The first-order valence-corrected chi connectivity index (χ1v) is 11.5. The summed E-state index contributed by atoms with van der Waals surface area (Å²) in [5, 5.41) is 14.8. The van der Waals surface area contributed by atoms with Crippen molar-refractivity contribution in [3.05, 3.63) is 59.7 Å². The summed E-state index contributed by atoms with van der Waals surface area (Å²) in [6, 6.07) is 16.3. The molecule has 0 aliphatic heterocycles. The molecule has 176 valence electrons. The van der Waals surface area contributed by atoms with E-state index >= 15 is 0 Å². The van der Waals surface area contributed by atoms with Crippen LogP contribution in [0.3, 0.4) is 0 Å². The number of alkyl carbamates (subject to hydrolysis) is 1. The maximum absolute atomic E-state index is 12.5. The molecule has 0 saturated carbocycles. The van der Waals surface area contributed by atoms with Crippen LogP contribution in [0.15, 0.2) is 48.5 Å². The number of carboxylic acid groups (broad SMARTS) is 1. The van der Waals surface area contributed by atoms with Crippen LogP contribution in [0.5, 0.6) is 0 Å². The molecule has 0 radical (unpaired) electrons. The molecule has 2 aromatic rings. The Kier molecular flexibility index (Phi) is 7.74. The molecule has 2 aromatic carbocycles. The Balaban J connectivity index is 1.49. The van der Waals surface area contributed by atoms with Gasteiger partial charge in [-0.2, -0.15) is 0 Å². The zero-order valence-corrected chi connectivity index (χ0v) is 19.4. The van der Waals surface area contributed by atoms with Crippen LogP contribution in [0.25, 0.3) is 11.1 Å². The van der Waals surface area contributed by atoms with E-state index in [1.807, 2.05) is 24.3 Å². The fourth-order valence-electron chi connectivity index (χ4n) is 4.31. The lowest BCUT2D eigenvalue weighted by atomic mass is 9.91. The highest BCUT2D eigenvalue weighted by atomic mass is 16.5. The summed E-state index contributed by atoms with van der Waals surface area (Å²) in [5.74, 6) is -1.84. The van der Waals surface area contributed by atoms with Crippen molar-refractivity contribution in [3.63, 3.8) is 0 Å². The number of carboxylic acids is 1. The summed E-state index contributed by atoms with van der Waals surface area (Å²) < 4.78 is 5.50. The van der Waals surface area contributed by atoms with Gasteiger partial charge in [-0.3, -0.25) is 4.79 Å². The minimum atomic E-state index is -1.26. The highest BCUT2D eigenvalue weighted by Gasteiger charge is 2.37. The predicted octanol–water partition coefficient (Wildman–Crippen LogP) is 4.31. The number of carbonyl (C=O) groups is 3. The number of carbonyl (C=O) groups excluding carboxylic acids is 2. The van der Waals surface area contributed by atoms with Crippen LogP contribution in [-0.4, -0.2) is 41.8 Å². The first kappa shape index (κ1) is 24.3. The molecular weight excluding hydrogens is 420 g/mol. The lowest BCUT2D eigenvalue weighted by Crippen LogP contribution is -2.55. The predicted molar refractivity (Wildman–Crippen MR) is 126 cm³/mol. The fraction of sp³-hybridized carbons (Fsp3) is 0.423. The molecule has 3 rings (SSSR count). The van der Waals surface area contributed by atoms with Gasteiger partial charge in [0.25, 0.3) is 0 Å². The van der Waals surface area contributed by atoms with Crippen LogP contribution in [0.2, 0.25) is 0 Å². The number of amides is 2. The Hall–Kier alpha value is -3.35. The van der Waals surface area contributed by atoms with Gasteiger partial charge in [-0.15, -0.1) is 0 Å². The lowest BCUT2D eigenvalue weighted by Gasteiger charge is -2.29. The number of rotatable bonds is 10. The van der Waals surface area contributed by atoms with Crippen molar-refractivity contribution in [2.45, 2.75) is 51.5 Å². The fourth-order valence-corrected chi connectivity index (χ4v) is 4.31. The molecule has 0 aromatic heterocycles. The minimum absolute atomic E-state index is 0.0138. The molecule has 0 saturated heterocycles. The third-order valence-electron chi connectivity index (χ3n) is 6.62. The van der Waals surface area contributed by atoms with Gasteiger partial charge in [0.15, 0.2) is 0 Å². The summed E-state index contributed by atoms with van der Waals surface area (Å²) in [6.45, 7) is 5.67. The average molecular weight is 453 g/mol. The van der Waals surface area contributed by atoms with Crippen LogP contribution < -0.4 is 10.6 Å².